The van der Waals surface area contributed by atoms with E-state index in [4.69, 9.17) is 14.6 Å². The van der Waals surface area contributed by atoms with Crippen molar-refractivity contribution in [3.05, 3.63) is 23.8 Å². The van der Waals surface area contributed by atoms with Crippen molar-refractivity contribution in [2.75, 3.05) is 33.4 Å². The van der Waals surface area contributed by atoms with E-state index in [2.05, 4.69) is 0 Å². The number of ether oxygens (including phenoxy) is 2. The molecule has 1 saturated heterocycles. The fourth-order valence-corrected chi connectivity index (χ4v) is 2.70. The largest absolute Gasteiger partial charge is 0.497 e. The van der Waals surface area contributed by atoms with E-state index >= 15 is 0 Å². The summed E-state index contributed by atoms with van der Waals surface area (Å²) in [6.45, 7) is 2.71. The molecule has 0 radical (unpaired) electrons. The van der Waals surface area contributed by atoms with Gasteiger partial charge in [0.2, 0.25) is 0 Å². The molecule has 0 saturated carbocycles. The number of benzene rings is 1. The monoisotopic (exact) mass is 338 g/mol. The average molecular weight is 338 g/mol. The summed E-state index contributed by atoms with van der Waals surface area (Å²) in [5.41, 5.74) is 0.946. The zero-order valence-corrected chi connectivity index (χ0v) is 13.8. The van der Waals surface area contributed by atoms with E-state index in [1.54, 1.807) is 13.2 Å². The lowest BCUT2D eigenvalue weighted by atomic mass is 10.1. The van der Waals surface area contributed by atoms with Crippen LogP contribution in [0.25, 0.3) is 0 Å². The van der Waals surface area contributed by atoms with Gasteiger partial charge in [-0.05, 0) is 18.6 Å². The van der Waals surface area contributed by atoms with E-state index in [-0.39, 0.29) is 26.2 Å². The lowest BCUT2D eigenvalue weighted by molar-refractivity contribution is 0.0562. The minimum Gasteiger partial charge on any atom is -0.497 e. The summed E-state index contributed by atoms with van der Waals surface area (Å²) in [6, 6.07) is 5.07. The molecule has 1 atom stereocenters. The summed E-state index contributed by atoms with van der Waals surface area (Å²) in [5, 5.41) is 18.4. The fourth-order valence-electron chi connectivity index (χ4n) is 2.70. The van der Waals surface area contributed by atoms with Crippen molar-refractivity contribution in [2.45, 2.75) is 19.4 Å². The highest BCUT2D eigenvalue weighted by molar-refractivity contribution is 5.68. The fraction of sp³-hybridized carbons (Fsp3) is 0.500. The Morgan fingerprint density at radius 3 is 2.62 bits per heavy atom. The van der Waals surface area contributed by atoms with E-state index < -0.39 is 18.2 Å². The van der Waals surface area contributed by atoms with Crippen molar-refractivity contribution in [1.82, 2.24) is 9.80 Å². The first-order valence-corrected chi connectivity index (χ1v) is 7.67. The summed E-state index contributed by atoms with van der Waals surface area (Å²) in [6.07, 6.45) is -1.66. The van der Waals surface area contributed by atoms with Gasteiger partial charge in [0.15, 0.2) is 0 Å². The van der Waals surface area contributed by atoms with Crippen LogP contribution in [0, 0.1) is 6.92 Å². The molecule has 1 heterocycles. The Morgan fingerprint density at radius 1 is 1.25 bits per heavy atom. The molecule has 0 aromatic heterocycles. The van der Waals surface area contributed by atoms with Crippen LogP contribution in [0.4, 0.5) is 9.59 Å². The number of piperazine rings is 1. The third kappa shape index (κ3) is 4.21. The van der Waals surface area contributed by atoms with Gasteiger partial charge in [0.1, 0.15) is 11.5 Å². The summed E-state index contributed by atoms with van der Waals surface area (Å²) in [7, 11) is 1.57. The molecule has 24 heavy (non-hydrogen) atoms. The lowest BCUT2D eigenvalue weighted by Crippen LogP contribution is -2.56. The van der Waals surface area contributed by atoms with Crippen LogP contribution >= 0.6 is 0 Å². The molecule has 0 bridgehead atoms. The molecule has 1 aromatic rings. The minimum atomic E-state index is -1.04. The zero-order valence-electron chi connectivity index (χ0n) is 13.8. The first-order valence-electron chi connectivity index (χ1n) is 7.67. The average Bonchev–Trinajstić information content (AvgIpc) is 2.56. The Morgan fingerprint density at radius 2 is 2.00 bits per heavy atom. The Hall–Kier alpha value is -2.64. The van der Waals surface area contributed by atoms with Crippen molar-refractivity contribution < 1.29 is 29.3 Å². The minimum absolute atomic E-state index is 0.155. The lowest BCUT2D eigenvalue weighted by Gasteiger charge is -2.38. The summed E-state index contributed by atoms with van der Waals surface area (Å²) in [4.78, 5) is 24.9. The summed E-state index contributed by atoms with van der Waals surface area (Å²) in [5.74, 6) is 1.35. The number of methoxy groups -OCH3 is 1. The number of amides is 2. The quantitative estimate of drug-likeness (QED) is 0.853. The predicted octanol–water partition coefficient (Wildman–Crippen LogP) is 2.11. The number of rotatable bonds is 5. The van der Waals surface area contributed by atoms with Gasteiger partial charge in [-0.1, -0.05) is 6.07 Å². The van der Waals surface area contributed by atoms with Crippen molar-refractivity contribution in [3.63, 3.8) is 0 Å². The number of aryl methyl sites for hydroxylation is 1. The molecule has 1 fully saturated rings. The first-order chi connectivity index (χ1) is 11.4. The Balaban J connectivity index is 1.97. The second-order valence-corrected chi connectivity index (χ2v) is 5.63. The van der Waals surface area contributed by atoms with Crippen molar-refractivity contribution >= 4 is 12.2 Å². The molecule has 132 valence electrons. The van der Waals surface area contributed by atoms with E-state index in [1.165, 1.54) is 9.80 Å². The summed E-state index contributed by atoms with van der Waals surface area (Å²) >= 11 is 0. The van der Waals surface area contributed by atoms with E-state index in [0.717, 1.165) is 5.56 Å². The standard InChI is InChI=1S/C16H22N2O6/c1-11-3-4-13(23-2)9-14(11)24-8-5-12-10-17(15(19)20)6-7-18(12)16(21)22/h3-4,9,12H,5-8,10H2,1-2H3,(H,19,20)(H,21,22)/t12-/m1/s1. The van der Waals surface area contributed by atoms with Gasteiger partial charge >= 0.3 is 12.2 Å². The number of nitrogens with zero attached hydrogens (tertiary/aromatic N) is 2. The Kier molecular flexibility index (Phi) is 5.73. The van der Waals surface area contributed by atoms with Gasteiger partial charge < -0.3 is 29.5 Å². The molecule has 8 heteroatoms. The summed E-state index contributed by atoms with van der Waals surface area (Å²) < 4.78 is 10.9. The number of carboxylic acid groups (broad SMARTS) is 2. The molecule has 8 nitrogen and oxygen atoms in total. The van der Waals surface area contributed by atoms with E-state index in [9.17, 15) is 14.7 Å². The highest BCUT2D eigenvalue weighted by Crippen LogP contribution is 2.24. The topological polar surface area (TPSA) is 99.5 Å². The van der Waals surface area contributed by atoms with Gasteiger partial charge in [-0.25, -0.2) is 9.59 Å². The molecule has 0 aliphatic carbocycles. The van der Waals surface area contributed by atoms with E-state index in [1.807, 2.05) is 19.1 Å². The smallest absolute Gasteiger partial charge is 0.407 e. The maximum absolute atomic E-state index is 11.3. The Bertz CT molecular complexity index is 606. The number of carbonyl (C=O) groups is 2. The maximum Gasteiger partial charge on any atom is 0.407 e. The van der Waals surface area contributed by atoms with Gasteiger partial charge in [0.25, 0.3) is 0 Å². The van der Waals surface area contributed by atoms with Gasteiger partial charge in [-0.3, -0.25) is 0 Å². The number of hydrogen-bond donors (Lipinski definition) is 2. The maximum atomic E-state index is 11.3. The van der Waals surface area contributed by atoms with Crippen LogP contribution in [0.5, 0.6) is 11.5 Å². The third-order valence-corrected chi connectivity index (χ3v) is 4.10. The van der Waals surface area contributed by atoms with Crippen molar-refractivity contribution in [3.8, 4) is 11.5 Å². The molecule has 2 amide bonds. The van der Waals surface area contributed by atoms with Crippen LogP contribution in [0.15, 0.2) is 18.2 Å². The van der Waals surface area contributed by atoms with Crippen molar-refractivity contribution in [2.24, 2.45) is 0 Å². The molecular weight excluding hydrogens is 316 g/mol. The van der Waals surface area contributed by atoms with Gasteiger partial charge in [0.05, 0.1) is 19.8 Å². The molecule has 1 aromatic carbocycles. The number of hydrogen-bond acceptors (Lipinski definition) is 4. The van der Waals surface area contributed by atoms with Crippen molar-refractivity contribution in [1.29, 1.82) is 0 Å². The molecule has 2 N–H and O–H groups in total. The molecule has 0 spiro atoms. The molecular formula is C16H22N2O6. The molecule has 0 unspecified atom stereocenters. The van der Waals surface area contributed by atoms with Crippen LogP contribution in [0.2, 0.25) is 0 Å². The highest BCUT2D eigenvalue weighted by atomic mass is 16.5. The zero-order chi connectivity index (χ0) is 17.7. The Labute approximate surface area is 140 Å². The second kappa shape index (κ2) is 7.76. The van der Waals surface area contributed by atoms with Crippen LogP contribution in [-0.2, 0) is 0 Å². The van der Waals surface area contributed by atoms with E-state index in [0.29, 0.717) is 17.9 Å². The highest BCUT2D eigenvalue weighted by Gasteiger charge is 2.32. The molecule has 1 aliphatic heterocycles. The second-order valence-electron chi connectivity index (χ2n) is 5.63. The molecule has 1 aliphatic rings. The van der Waals surface area contributed by atoms with Crippen LogP contribution in [-0.4, -0.2) is 71.6 Å². The molecule has 2 rings (SSSR count). The SMILES string of the molecule is COc1ccc(C)c(OCC[C@@H]2CN(C(=O)O)CCN2C(=O)O)c1. The van der Waals surface area contributed by atoms with Gasteiger partial charge in [0, 0.05) is 32.1 Å². The predicted molar refractivity (Wildman–Crippen MR) is 86.0 cm³/mol. The van der Waals surface area contributed by atoms with Crippen LogP contribution in [0.3, 0.4) is 0 Å². The normalized spacial score (nSPS) is 17.5. The van der Waals surface area contributed by atoms with Crippen LogP contribution < -0.4 is 9.47 Å². The van der Waals surface area contributed by atoms with Gasteiger partial charge in [-0.2, -0.15) is 0 Å². The van der Waals surface area contributed by atoms with Gasteiger partial charge in [-0.15, -0.1) is 0 Å². The third-order valence-electron chi connectivity index (χ3n) is 4.10. The van der Waals surface area contributed by atoms with Crippen LogP contribution in [0.1, 0.15) is 12.0 Å². The first kappa shape index (κ1) is 17.7.